The Bertz CT molecular complexity index is 939. The predicted molar refractivity (Wildman–Crippen MR) is 110 cm³/mol. The summed E-state index contributed by atoms with van der Waals surface area (Å²) in [7, 11) is 1.61. The first-order valence-corrected chi connectivity index (χ1v) is 9.16. The van der Waals surface area contributed by atoms with Crippen molar-refractivity contribution in [2.45, 2.75) is 26.3 Å². The first kappa shape index (κ1) is 19.4. The Kier molecular flexibility index (Phi) is 6.22. The number of nitrogens with zero attached hydrogens (tertiary/aromatic N) is 2. The summed E-state index contributed by atoms with van der Waals surface area (Å²) >= 11 is 0. The molecule has 1 heterocycles. The Morgan fingerprint density at radius 3 is 2.50 bits per heavy atom. The van der Waals surface area contributed by atoms with E-state index in [-0.39, 0.29) is 11.6 Å². The molecular formula is C22H24N4O2. The van der Waals surface area contributed by atoms with Gasteiger partial charge in [0.15, 0.2) is 0 Å². The fourth-order valence-electron chi connectivity index (χ4n) is 2.88. The Hall–Kier alpha value is -3.41. The molecule has 0 saturated carbocycles. The third-order valence-corrected chi connectivity index (χ3v) is 4.36. The standard InChI is InChI=1S/C22H24N4O2/c1-15(2)17-9-5-6-10-18(17)26-21-14-23-19(13-24-21)22(27)25-12-16-8-4-7-11-20(16)28-3/h4-11,13-15H,12H2,1-3H3,(H,24,26)(H,25,27). The number of hydrogen-bond donors (Lipinski definition) is 2. The molecule has 2 aromatic carbocycles. The number of nitrogens with one attached hydrogen (secondary N) is 2. The summed E-state index contributed by atoms with van der Waals surface area (Å²) in [5.41, 5.74) is 3.34. The molecule has 0 aliphatic rings. The topological polar surface area (TPSA) is 76.1 Å². The molecule has 1 aromatic heterocycles. The molecular weight excluding hydrogens is 352 g/mol. The second-order valence-electron chi connectivity index (χ2n) is 6.65. The zero-order valence-electron chi connectivity index (χ0n) is 16.3. The molecule has 0 bridgehead atoms. The molecule has 0 radical (unpaired) electrons. The maximum absolute atomic E-state index is 12.4. The van der Waals surface area contributed by atoms with Crippen LogP contribution in [0.4, 0.5) is 11.5 Å². The molecule has 0 unspecified atom stereocenters. The van der Waals surface area contributed by atoms with E-state index < -0.39 is 0 Å². The van der Waals surface area contributed by atoms with E-state index in [4.69, 9.17) is 4.74 Å². The summed E-state index contributed by atoms with van der Waals surface area (Å²) in [5, 5.41) is 6.11. The minimum Gasteiger partial charge on any atom is -0.496 e. The molecule has 2 N–H and O–H groups in total. The Morgan fingerprint density at radius 2 is 1.79 bits per heavy atom. The van der Waals surface area contributed by atoms with E-state index in [9.17, 15) is 4.79 Å². The van der Waals surface area contributed by atoms with E-state index in [1.807, 2.05) is 42.5 Å². The first-order valence-electron chi connectivity index (χ1n) is 9.16. The lowest BCUT2D eigenvalue weighted by atomic mass is 10.0. The minimum atomic E-state index is -0.285. The van der Waals surface area contributed by atoms with Crippen LogP contribution in [0.5, 0.6) is 5.75 Å². The van der Waals surface area contributed by atoms with E-state index in [0.717, 1.165) is 17.0 Å². The zero-order valence-corrected chi connectivity index (χ0v) is 16.3. The van der Waals surface area contributed by atoms with Crippen molar-refractivity contribution in [3.05, 3.63) is 77.7 Å². The van der Waals surface area contributed by atoms with Gasteiger partial charge in [0.25, 0.3) is 5.91 Å². The van der Waals surface area contributed by atoms with E-state index in [1.165, 1.54) is 11.8 Å². The Balaban J connectivity index is 1.65. The summed E-state index contributed by atoms with van der Waals surface area (Å²) < 4.78 is 5.29. The number of amides is 1. The van der Waals surface area contributed by atoms with Gasteiger partial charge in [0.2, 0.25) is 0 Å². The van der Waals surface area contributed by atoms with Crippen molar-refractivity contribution in [1.29, 1.82) is 0 Å². The van der Waals surface area contributed by atoms with Gasteiger partial charge in [0.05, 0.1) is 19.5 Å². The van der Waals surface area contributed by atoms with Gasteiger partial charge in [0.1, 0.15) is 17.3 Å². The maximum Gasteiger partial charge on any atom is 0.271 e. The number of aromatic nitrogens is 2. The number of carbonyl (C=O) groups is 1. The van der Waals surface area contributed by atoms with Crippen LogP contribution in [0, 0.1) is 0 Å². The average molecular weight is 376 g/mol. The van der Waals surface area contributed by atoms with Crippen LogP contribution < -0.4 is 15.4 Å². The first-order chi connectivity index (χ1) is 13.6. The van der Waals surface area contributed by atoms with Gasteiger partial charge in [-0.25, -0.2) is 9.97 Å². The van der Waals surface area contributed by atoms with Crippen molar-refractivity contribution in [3.8, 4) is 5.75 Å². The third-order valence-electron chi connectivity index (χ3n) is 4.36. The van der Waals surface area contributed by atoms with Gasteiger partial charge >= 0.3 is 0 Å². The number of benzene rings is 2. The molecule has 3 aromatic rings. The van der Waals surface area contributed by atoms with Gasteiger partial charge < -0.3 is 15.4 Å². The molecule has 0 spiro atoms. The lowest BCUT2D eigenvalue weighted by Crippen LogP contribution is -2.24. The second-order valence-corrected chi connectivity index (χ2v) is 6.65. The monoisotopic (exact) mass is 376 g/mol. The van der Waals surface area contributed by atoms with E-state index >= 15 is 0 Å². The van der Waals surface area contributed by atoms with Crippen LogP contribution in [0.2, 0.25) is 0 Å². The highest BCUT2D eigenvalue weighted by molar-refractivity contribution is 5.92. The molecule has 0 fully saturated rings. The average Bonchev–Trinajstić information content (AvgIpc) is 2.73. The minimum absolute atomic E-state index is 0.262. The molecule has 0 aliphatic heterocycles. The van der Waals surface area contributed by atoms with Crippen molar-refractivity contribution in [1.82, 2.24) is 15.3 Å². The van der Waals surface area contributed by atoms with Gasteiger partial charge in [-0.3, -0.25) is 4.79 Å². The summed E-state index contributed by atoms with van der Waals surface area (Å²) in [4.78, 5) is 20.9. The molecule has 1 amide bonds. The van der Waals surface area contributed by atoms with Crippen LogP contribution in [0.25, 0.3) is 0 Å². The van der Waals surface area contributed by atoms with E-state index in [0.29, 0.717) is 18.3 Å². The van der Waals surface area contributed by atoms with E-state index in [1.54, 1.807) is 13.3 Å². The number of para-hydroxylation sites is 2. The number of rotatable bonds is 7. The highest BCUT2D eigenvalue weighted by Crippen LogP contribution is 2.25. The Labute approximate surface area is 165 Å². The van der Waals surface area contributed by atoms with Crippen molar-refractivity contribution in [2.75, 3.05) is 12.4 Å². The fourth-order valence-corrected chi connectivity index (χ4v) is 2.88. The number of methoxy groups -OCH3 is 1. The predicted octanol–water partition coefficient (Wildman–Crippen LogP) is 4.28. The molecule has 3 rings (SSSR count). The number of hydrogen-bond acceptors (Lipinski definition) is 5. The Morgan fingerprint density at radius 1 is 1.04 bits per heavy atom. The summed E-state index contributed by atoms with van der Waals surface area (Å²) in [6.07, 6.45) is 3.03. The zero-order chi connectivity index (χ0) is 19.9. The molecule has 0 aliphatic carbocycles. The molecule has 0 saturated heterocycles. The number of anilines is 2. The normalized spacial score (nSPS) is 10.6. The molecule has 28 heavy (non-hydrogen) atoms. The largest absolute Gasteiger partial charge is 0.496 e. The SMILES string of the molecule is COc1ccccc1CNC(=O)c1cnc(Nc2ccccc2C(C)C)cn1. The van der Waals surface area contributed by atoms with Crippen molar-refractivity contribution >= 4 is 17.4 Å². The fraction of sp³-hybridized carbons (Fsp3) is 0.227. The summed E-state index contributed by atoms with van der Waals surface area (Å²) in [5.74, 6) is 1.43. The van der Waals surface area contributed by atoms with Gasteiger partial charge in [-0.2, -0.15) is 0 Å². The summed E-state index contributed by atoms with van der Waals surface area (Å²) in [6.45, 7) is 4.63. The number of carbonyl (C=O) groups excluding carboxylic acids is 1. The van der Waals surface area contributed by atoms with E-state index in [2.05, 4.69) is 40.5 Å². The molecule has 6 heteroatoms. The second kappa shape index (κ2) is 8.99. The quantitative estimate of drug-likeness (QED) is 0.644. The molecule has 6 nitrogen and oxygen atoms in total. The molecule has 144 valence electrons. The third kappa shape index (κ3) is 4.65. The van der Waals surface area contributed by atoms with Crippen LogP contribution in [-0.2, 0) is 6.54 Å². The van der Waals surface area contributed by atoms with Crippen molar-refractivity contribution in [2.24, 2.45) is 0 Å². The van der Waals surface area contributed by atoms with Gasteiger partial charge in [0, 0.05) is 17.8 Å². The summed E-state index contributed by atoms with van der Waals surface area (Å²) in [6, 6.07) is 15.6. The van der Waals surface area contributed by atoms with Crippen LogP contribution in [0.3, 0.4) is 0 Å². The van der Waals surface area contributed by atoms with Gasteiger partial charge in [-0.05, 0) is 23.6 Å². The van der Waals surface area contributed by atoms with Crippen LogP contribution in [0.15, 0.2) is 60.9 Å². The van der Waals surface area contributed by atoms with Crippen molar-refractivity contribution < 1.29 is 9.53 Å². The number of ether oxygens (including phenoxy) is 1. The van der Waals surface area contributed by atoms with Crippen LogP contribution in [-0.4, -0.2) is 23.0 Å². The molecule has 0 atom stereocenters. The lowest BCUT2D eigenvalue weighted by Gasteiger charge is -2.14. The van der Waals surface area contributed by atoms with Crippen molar-refractivity contribution in [3.63, 3.8) is 0 Å². The van der Waals surface area contributed by atoms with Gasteiger partial charge in [-0.15, -0.1) is 0 Å². The highest BCUT2D eigenvalue weighted by Gasteiger charge is 2.11. The highest BCUT2D eigenvalue weighted by atomic mass is 16.5. The van der Waals surface area contributed by atoms with Crippen LogP contribution >= 0.6 is 0 Å². The smallest absolute Gasteiger partial charge is 0.271 e. The van der Waals surface area contributed by atoms with Gasteiger partial charge in [-0.1, -0.05) is 50.2 Å². The van der Waals surface area contributed by atoms with Crippen LogP contribution in [0.1, 0.15) is 41.4 Å². The lowest BCUT2D eigenvalue weighted by molar-refractivity contribution is 0.0945. The maximum atomic E-state index is 12.4.